The molecule has 7 nitrogen and oxygen atoms in total. The van der Waals surface area contributed by atoms with Crippen LogP contribution in [-0.2, 0) is 22.5 Å². The molecule has 1 unspecified atom stereocenters. The maximum absolute atomic E-state index is 13.5. The highest BCUT2D eigenvalue weighted by Crippen LogP contribution is 2.30. The number of nitrogens with one attached hydrogen (secondary N) is 1. The first kappa shape index (κ1) is 22.9. The van der Waals surface area contributed by atoms with Crippen molar-refractivity contribution >= 4 is 28.6 Å². The zero-order valence-corrected chi connectivity index (χ0v) is 19.6. The zero-order chi connectivity index (χ0) is 23.5. The normalized spacial score (nSPS) is 14.7. The molecule has 0 saturated carbocycles. The van der Waals surface area contributed by atoms with Crippen LogP contribution >= 0.6 is 0 Å². The van der Waals surface area contributed by atoms with Gasteiger partial charge in [0.1, 0.15) is 5.82 Å². The SMILES string of the molecule is CCC(OC(=O)c1c2c(nc3ccccc13)CCN(C(C)C)C2)C(=O)Nc1cccc(C)n1. The molecule has 0 aliphatic carbocycles. The number of pyridine rings is 2. The van der Waals surface area contributed by atoms with Crippen LogP contribution in [0.1, 0.15) is 54.5 Å². The third-order valence-electron chi connectivity index (χ3n) is 6.06. The van der Waals surface area contributed by atoms with Gasteiger partial charge in [-0.25, -0.2) is 9.78 Å². The molecule has 3 aromatic rings. The zero-order valence-electron chi connectivity index (χ0n) is 19.6. The number of hydrogen-bond acceptors (Lipinski definition) is 6. The van der Waals surface area contributed by atoms with Crippen molar-refractivity contribution in [2.75, 3.05) is 11.9 Å². The van der Waals surface area contributed by atoms with Gasteiger partial charge in [-0.05, 0) is 45.4 Å². The average Bonchev–Trinajstić information content (AvgIpc) is 2.80. The second kappa shape index (κ2) is 9.67. The molecule has 7 heteroatoms. The second-order valence-electron chi connectivity index (χ2n) is 8.70. The minimum absolute atomic E-state index is 0.351. The van der Waals surface area contributed by atoms with Gasteiger partial charge in [-0.2, -0.15) is 0 Å². The summed E-state index contributed by atoms with van der Waals surface area (Å²) in [6, 6.07) is 13.4. The van der Waals surface area contributed by atoms with E-state index in [1.54, 1.807) is 6.07 Å². The Labute approximate surface area is 194 Å². The maximum Gasteiger partial charge on any atom is 0.340 e. The van der Waals surface area contributed by atoms with Crippen molar-refractivity contribution in [2.24, 2.45) is 0 Å². The molecule has 1 atom stereocenters. The van der Waals surface area contributed by atoms with Crippen LogP contribution in [0.25, 0.3) is 10.9 Å². The van der Waals surface area contributed by atoms with E-state index in [1.165, 1.54) is 0 Å². The molecular formula is C26H30N4O3. The molecule has 2 aromatic heterocycles. The van der Waals surface area contributed by atoms with Crippen molar-refractivity contribution in [3.63, 3.8) is 0 Å². The summed E-state index contributed by atoms with van der Waals surface area (Å²) in [5.41, 5.74) is 3.90. The number of esters is 1. The molecule has 0 fully saturated rings. The van der Waals surface area contributed by atoms with E-state index in [1.807, 2.05) is 50.2 Å². The van der Waals surface area contributed by atoms with E-state index in [-0.39, 0.29) is 5.91 Å². The van der Waals surface area contributed by atoms with E-state index in [0.29, 0.717) is 30.4 Å². The van der Waals surface area contributed by atoms with E-state index in [4.69, 9.17) is 9.72 Å². The number of rotatable bonds is 6. The van der Waals surface area contributed by atoms with E-state index in [9.17, 15) is 9.59 Å². The fourth-order valence-corrected chi connectivity index (χ4v) is 4.21. The summed E-state index contributed by atoms with van der Waals surface area (Å²) in [5, 5.41) is 3.52. The molecule has 1 N–H and O–H groups in total. The van der Waals surface area contributed by atoms with Gasteiger partial charge in [0, 0.05) is 47.9 Å². The largest absolute Gasteiger partial charge is 0.449 e. The van der Waals surface area contributed by atoms with Crippen LogP contribution in [0.4, 0.5) is 5.82 Å². The standard InChI is InChI=1S/C26H30N4O3/c1-5-22(25(31)29-23-12-8-9-17(4)27-23)33-26(32)24-18-10-6-7-11-20(18)28-21-13-14-30(16(2)3)15-19(21)24/h6-12,16,22H,5,13-15H2,1-4H3,(H,27,29,31). The van der Waals surface area contributed by atoms with Gasteiger partial charge in [0.15, 0.2) is 6.10 Å². The molecule has 0 spiro atoms. The average molecular weight is 447 g/mol. The number of para-hydroxylation sites is 1. The van der Waals surface area contributed by atoms with Crippen LogP contribution in [0.5, 0.6) is 0 Å². The third kappa shape index (κ3) is 4.88. The quantitative estimate of drug-likeness (QED) is 0.569. The number of ether oxygens (including phenoxy) is 1. The number of aryl methyl sites for hydroxylation is 1. The lowest BCUT2D eigenvalue weighted by molar-refractivity contribution is -0.124. The Hall–Kier alpha value is -3.32. The van der Waals surface area contributed by atoms with Crippen molar-refractivity contribution in [1.29, 1.82) is 0 Å². The summed E-state index contributed by atoms with van der Waals surface area (Å²) in [6.45, 7) is 9.49. The smallest absolute Gasteiger partial charge is 0.340 e. The minimum atomic E-state index is -0.924. The molecule has 1 aliphatic heterocycles. The highest BCUT2D eigenvalue weighted by atomic mass is 16.5. The monoisotopic (exact) mass is 446 g/mol. The molecule has 1 aliphatic rings. The number of benzene rings is 1. The fourth-order valence-electron chi connectivity index (χ4n) is 4.21. The lowest BCUT2D eigenvalue weighted by atomic mass is 9.95. The Morgan fingerprint density at radius 1 is 1.12 bits per heavy atom. The summed E-state index contributed by atoms with van der Waals surface area (Å²) >= 11 is 0. The lowest BCUT2D eigenvalue weighted by Crippen LogP contribution is -2.38. The Balaban J connectivity index is 1.65. The third-order valence-corrected chi connectivity index (χ3v) is 6.06. The number of carbonyl (C=O) groups excluding carboxylic acids is 2. The number of aromatic nitrogens is 2. The molecule has 0 bridgehead atoms. The van der Waals surface area contributed by atoms with Gasteiger partial charge in [-0.15, -0.1) is 0 Å². The van der Waals surface area contributed by atoms with Gasteiger partial charge in [-0.3, -0.25) is 14.7 Å². The molecule has 0 radical (unpaired) electrons. The first-order valence-corrected chi connectivity index (χ1v) is 11.5. The first-order chi connectivity index (χ1) is 15.9. The molecular weight excluding hydrogens is 416 g/mol. The van der Waals surface area contributed by atoms with E-state index in [0.717, 1.165) is 40.8 Å². The van der Waals surface area contributed by atoms with Gasteiger partial charge in [0.05, 0.1) is 11.1 Å². The fraction of sp³-hybridized carbons (Fsp3) is 0.385. The van der Waals surface area contributed by atoms with Crippen LogP contribution in [0, 0.1) is 6.92 Å². The Kier molecular flexibility index (Phi) is 6.70. The first-order valence-electron chi connectivity index (χ1n) is 11.5. The Bertz CT molecular complexity index is 1190. The number of nitrogens with zero attached hydrogens (tertiary/aromatic N) is 3. The summed E-state index contributed by atoms with van der Waals surface area (Å²) in [4.78, 5) is 37.8. The van der Waals surface area contributed by atoms with Gasteiger partial charge in [0.25, 0.3) is 5.91 Å². The number of carbonyl (C=O) groups is 2. The highest BCUT2D eigenvalue weighted by molar-refractivity contribution is 6.06. The van der Waals surface area contributed by atoms with Gasteiger partial charge >= 0.3 is 5.97 Å². The summed E-state index contributed by atoms with van der Waals surface area (Å²) in [7, 11) is 0. The highest BCUT2D eigenvalue weighted by Gasteiger charge is 2.30. The summed E-state index contributed by atoms with van der Waals surface area (Å²) in [5.74, 6) is -0.441. The van der Waals surface area contributed by atoms with Crippen LogP contribution in [0.3, 0.4) is 0 Å². The number of amides is 1. The number of anilines is 1. The molecule has 4 rings (SSSR count). The number of fused-ring (bicyclic) bond motifs is 2. The Morgan fingerprint density at radius 2 is 1.91 bits per heavy atom. The molecule has 0 saturated heterocycles. The molecule has 3 heterocycles. The van der Waals surface area contributed by atoms with Crippen molar-refractivity contribution in [1.82, 2.24) is 14.9 Å². The van der Waals surface area contributed by atoms with Gasteiger partial charge in [-0.1, -0.05) is 31.2 Å². The van der Waals surface area contributed by atoms with Crippen molar-refractivity contribution in [2.45, 2.75) is 59.2 Å². The molecule has 172 valence electrons. The van der Waals surface area contributed by atoms with Crippen LogP contribution in [-0.4, -0.2) is 45.4 Å². The topological polar surface area (TPSA) is 84.4 Å². The lowest BCUT2D eigenvalue weighted by Gasteiger charge is -2.32. The van der Waals surface area contributed by atoms with E-state index in [2.05, 4.69) is 29.0 Å². The van der Waals surface area contributed by atoms with Crippen molar-refractivity contribution in [3.8, 4) is 0 Å². The van der Waals surface area contributed by atoms with Gasteiger partial charge in [0.2, 0.25) is 0 Å². The van der Waals surface area contributed by atoms with Crippen LogP contribution in [0.15, 0.2) is 42.5 Å². The maximum atomic E-state index is 13.5. The Morgan fingerprint density at radius 3 is 2.64 bits per heavy atom. The van der Waals surface area contributed by atoms with Crippen molar-refractivity contribution in [3.05, 3.63) is 65.0 Å². The molecule has 1 amide bonds. The van der Waals surface area contributed by atoms with Crippen LogP contribution in [0.2, 0.25) is 0 Å². The van der Waals surface area contributed by atoms with Crippen molar-refractivity contribution < 1.29 is 14.3 Å². The van der Waals surface area contributed by atoms with Crippen LogP contribution < -0.4 is 5.32 Å². The second-order valence-corrected chi connectivity index (χ2v) is 8.70. The number of hydrogen-bond donors (Lipinski definition) is 1. The van der Waals surface area contributed by atoms with Gasteiger partial charge < -0.3 is 10.1 Å². The minimum Gasteiger partial charge on any atom is -0.449 e. The predicted octanol–water partition coefficient (Wildman–Crippen LogP) is 4.28. The van der Waals surface area contributed by atoms with E-state index < -0.39 is 12.1 Å². The van der Waals surface area contributed by atoms with E-state index >= 15 is 0 Å². The molecule has 33 heavy (non-hydrogen) atoms. The summed E-state index contributed by atoms with van der Waals surface area (Å²) in [6.07, 6.45) is 0.203. The predicted molar refractivity (Wildman–Crippen MR) is 128 cm³/mol. The molecule has 1 aromatic carbocycles. The summed E-state index contributed by atoms with van der Waals surface area (Å²) < 4.78 is 5.79.